The fraction of sp³-hybridized carbons (Fsp3) is 0. The van der Waals surface area contributed by atoms with Gasteiger partial charge in [0.1, 0.15) is 0 Å². The molecule has 10 heavy (non-hydrogen) atoms. The second-order valence-electron chi connectivity index (χ2n) is 1.49. The van der Waals surface area contributed by atoms with Crippen molar-refractivity contribution in [1.82, 2.24) is 0 Å². The molecule has 0 atom stereocenters. The van der Waals surface area contributed by atoms with Crippen LogP contribution >= 0.6 is 17.0 Å². The van der Waals surface area contributed by atoms with Crippen LogP contribution in [0.3, 0.4) is 0 Å². The van der Waals surface area contributed by atoms with Crippen LogP contribution in [0.5, 0.6) is 0 Å². The summed E-state index contributed by atoms with van der Waals surface area (Å²) in [5.41, 5.74) is 1.07. The van der Waals surface area contributed by atoms with E-state index in [1.54, 1.807) is 0 Å². The Kier molecular flexibility index (Phi) is 16.7. The van der Waals surface area contributed by atoms with Crippen molar-refractivity contribution in [1.29, 1.82) is 0 Å². The molecular weight excluding hydrogens is 268 g/mol. The van der Waals surface area contributed by atoms with Gasteiger partial charge in [0, 0.05) is 0 Å². The van der Waals surface area contributed by atoms with Crippen LogP contribution in [0, 0.1) is 6.92 Å². The third-order valence-corrected chi connectivity index (χ3v) is 0.843. The van der Waals surface area contributed by atoms with Crippen LogP contribution in [0.2, 0.25) is 0 Å². The third-order valence-electron chi connectivity index (χ3n) is 0.843. The van der Waals surface area contributed by atoms with E-state index in [1.165, 1.54) is 0 Å². The number of rotatable bonds is 0. The largest absolute Gasteiger partial charge is 2.00 e. The Labute approximate surface area is 99.1 Å². The van der Waals surface area contributed by atoms with Crippen LogP contribution in [0.4, 0.5) is 0 Å². The maximum atomic E-state index is 3.72. The molecule has 52 valence electrons. The summed E-state index contributed by atoms with van der Waals surface area (Å²) >= 11 is 0. The van der Waals surface area contributed by atoms with E-state index in [0.29, 0.717) is 0 Å². The first kappa shape index (κ1) is 17.1. The first-order chi connectivity index (χ1) is 3.39. The zero-order valence-corrected chi connectivity index (χ0v) is 10.3. The molecule has 1 rings (SSSR count). The van der Waals surface area contributed by atoms with E-state index < -0.39 is 0 Å². The molecule has 1 aromatic rings. The van der Waals surface area contributed by atoms with Crippen molar-refractivity contribution in [3.05, 3.63) is 42.8 Å². The fourth-order valence-corrected chi connectivity index (χ4v) is 0.478. The van der Waals surface area contributed by atoms with Gasteiger partial charge in [-0.3, -0.25) is 0 Å². The van der Waals surface area contributed by atoms with Crippen LogP contribution in [0.15, 0.2) is 30.3 Å². The maximum absolute atomic E-state index is 3.72. The van der Waals surface area contributed by atoms with Gasteiger partial charge in [0.25, 0.3) is 0 Å². The molecule has 0 nitrogen and oxygen atoms in total. The van der Waals surface area contributed by atoms with Crippen molar-refractivity contribution < 1.29 is 17.0 Å². The predicted molar refractivity (Wildman–Crippen MR) is 47.0 cm³/mol. The molecule has 0 amide bonds. The second kappa shape index (κ2) is 9.82. The van der Waals surface area contributed by atoms with Gasteiger partial charge in [0.15, 0.2) is 0 Å². The Morgan fingerprint density at radius 2 is 1.40 bits per heavy atom. The maximum Gasteiger partial charge on any atom is 2.00 e. The quantitative estimate of drug-likeness (QED) is 0.424. The topological polar surface area (TPSA) is 0 Å². The molecule has 0 aromatic heterocycles. The predicted octanol–water partition coefficient (Wildman–Crippen LogP) is -0.930. The van der Waals surface area contributed by atoms with Crippen molar-refractivity contribution in [3.63, 3.8) is 0 Å². The average Bonchev–Trinajstić information content (AvgIpc) is 1.69. The van der Waals surface area contributed by atoms with E-state index in [9.17, 15) is 0 Å². The summed E-state index contributed by atoms with van der Waals surface area (Å²) in [5.74, 6) is 0. The van der Waals surface area contributed by atoms with Crippen LogP contribution in [0.1, 0.15) is 5.56 Å². The van der Waals surface area contributed by atoms with Gasteiger partial charge in [0.05, 0.1) is 0 Å². The molecule has 0 aliphatic carbocycles. The van der Waals surface area contributed by atoms with Gasteiger partial charge in [-0.15, -0.1) is 29.1 Å². The molecular formula is C7H8Br2Mg. The molecule has 3 heteroatoms. The van der Waals surface area contributed by atoms with Crippen LogP contribution in [-0.4, -0.2) is 23.1 Å². The molecule has 0 aliphatic heterocycles. The Hall–Kier alpha value is 0.816. The summed E-state index contributed by atoms with van der Waals surface area (Å²) in [6.45, 7) is 3.72. The van der Waals surface area contributed by atoms with Crippen molar-refractivity contribution >= 4 is 40.0 Å². The fourth-order valence-electron chi connectivity index (χ4n) is 0.478. The summed E-state index contributed by atoms with van der Waals surface area (Å²) in [6, 6.07) is 9.87. The summed E-state index contributed by atoms with van der Waals surface area (Å²) in [6.07, 6.45) is 0. The monoisotopic (exact) mass is 274 g/mol. The van der Waals surface area contributed by atoms with Gasteiger partial charge >= 0.3 is 23.1 Å². The molecule has 0 unspecified atom stereocenters. The van der Waals surface area contributed by atoms with Gasteiger partial charge in [0.2, 0.25) is 0 Å². The van der Waals surface area contributed by atoms with Gasteiger partial charge in [-0.25, -0.2) is 0 Å². The number of hydrogen-bond donors (Lipinski definition) is 0. The minimum absolute atomic E-state index is 0. The van der Waals surface area contributed by atoms with Crippen LogP contribution < -0.4 is 17.0 Å². The average molecular weight is 276 g/mol. The smallest absolute Gasteiger partial charge is 1.00 e. The Morgan fingerprint density at radius 1 is 1.00 bits per heavy atom. The second-order valence-corrected chi connectivity index (χ2v) is 1.49. The number of benzene rings is 1. The minimum Gasteiger partial charge on any atom is -1.00 e. The summed E-state index contributed by atoms with van der Waals surface area (Å²) in [4.78, 5) is 0. The molecule has 0 fully saturated rings. The summed E-state index contributed by atoms with van der Waals surface area (Å²) in [5, 5.41) is 0. The molecule has 1 aromatic carbocycles. The van der Waals surface area contributed by atoms with E-state index in [1.807, 2.05) is 30.3 Å². The first-order valence-corrected chi connectivity index (χ1v) is 2.26. The molecule has 0 heterocycles. The van der Waals surface area contributed by atoms with E-state index in [-0.39, 0.29) is 57.0 Å². The van der Waals surface area contributed by atoms with Crippen molar-refractivity contribution in [2.75, 3.05) is 0 Å². The molecule has 0 radical (unpaired) electrons. The zero-order chi connectivity index (χ0) is 5.11. The first-order valence-electron chi connectivity index (χ1n) is 2.26. The third kappa shape index (κ3) is 6.93. The molecule has 0 saturated heterocycles. The zero-order valence-electron chi connectivity index (χ0n) is 5.59. The van der Waals surface area contributed by atoms with Gasteiger partial charge in [-0.2, -0.15) is 24.6 Å². The molecule has 0 N–H and O–H groups in total. The van der Waals surface area contributed by atoms with E-state index >= 15 is 0 Å². The molecule has 0 saturated carbocycles. The van der Waals surface area contributed by atoms with Gasteiger partial charge in [-0.1, -0.05) is 6.07 Å². The van der Waals surface area contributed by atoms with Crippen molar-refractivity contribution in [2.45, 2.75) is 0 Å². The van der Waals surface area contributed by atoms with E-state index in [0.717, 1.165) is 5.56 Å². The molecule has 0 spiro atoms. The van der Waals surface area contributed by atoms with Crippen molar-refractivity contribution in [3.8, 4) is 0 Å². The van der Waals surface area contributed by atoms with Crippen molar-refractivity contribution in [2.24, 2.45) is 0 Å². The standard InChI is InChI=1S/C7H7.2BrH.Mg/c1-7-5-3-2-4-6-7;;;/h2-6H,1H2;2*1H;/q-1;;;+2/p-1. The van der Waals surface area contributed by atoms with Gasteiger partial charge < -0.3 is 17.0 Å². The van der Waals surface area contributed by atoms with Gasteiger partial charge in [-0.05, 0) is 0 Å². The van der Waals surface area contributed by atoms with E-state index in [2.05, 4.69) is 6.92 Å². The van der Waals surface area contributed by atoms with E-state index in [4.69, 9.17) is 0 Å². The Morgan fingerprint density at radius 3 is 1.60 bits per heavy atom. The number of halogens is 2. The summed E-state index contributed by atoms with van der Waals surface area (Å²) < 4.78 is 0. The summed E-state index contributed by atoms with van der Waals surface area (Å²) in [7, 11) is 0. The minimum atomic E-state index is 0. The normalized spacial score (nSPS) is 6.00. The van der Waals surface area contributed by atoms with Crippen LogP contribution in [-0.2, 0) is 0 Å². The Balaban J connectivity index is -0.000000163. The SMILES string of the molecule is Br.[Br-].[CH2-]c1ccccc1.[Mg+2]. The number of hydrogen-bond acceptors (Lipinski definition) is 0. The van der Waals surface area contributed by atoms with Crippen LogP contribution in [0.25, 0.3) is 0 Å². The molecule has 0 aliphatic rings. The Bertz CT molecular complexity index is 142. The molecule has 0 bridgehead atoms.